The van der Waals surface area contributed by atoms with Crippen LogP contribution >= 0.6 is 11.6 Å². The molecule has 0 amide bonds. The molecule has 0 radical (unpaired) electrons. The largest absolute Gasteiger partial charge is 0.486 e. The first kappa shape index (κ1) is 14.7. The van der Waals surface area contributed by atoms with E-state index in [1.165, 1.54) is 0 Å². The maximum Gasteiger partial charge on any atom is 0.355 e. The fourth-order valence-corrected chi connectivity index (χ4v) is 2.52. The number of rotatable bonds is 3. The van der Waals surface area contributed by atoms with E-state index in [-0.39, 0.29) is 11.1 Å². The van der Waals surface area contributed by atoms with Crippen molar-refractivity contribution in [3.8, 4) is 5.75 Å². The summed E-state index contributed by atoms with van der Waals surface area (Å²) in [6.45, 7) is 3.78. The molecule has 0 fully saturated rings. The molecule has 3 nitrogen and oxygen atoms in total. The minimum atomic E-state index is -0.528. The quantitative estimate of drug-likeness (QED) is 0.646. The van der Waals surface area contributed by atoms with Crippen LogP contribution in [0.25, 0.3) is 11.0 Å². The van der Waals surface area contributed by atoms with Gasteiger partial charge in [-0.05, 0) is 37.1 Å². The molecule has 112 valence electrons. The van der Waals surface area contributed by atoms with Crippen LogP contribution in [0.4, 0.5) is 0 Å². The molecule has 0 saturated heterocycles. The average molecular weight is 315 g/mol. The molecule has 0 bridgehead atoms. The van der Waals surface area contributed by atoms with Crippen molar-refractivity contribution in [3.05, 3.63) is 75.1 Å². The Hall–Kier alpha value is -2.26. The average Bonchev–Trinajstić information content (AvgIpc) is 2.53. The van der Waals surface area contributed by atoms with Crippen LogP contribution in [0.15, 0.2) is 57.7 Å². The van der Waals surface area contributed by atoms with Crippen LogP contribution < -0.4 is 10.4 Å². The molecule has 3 rings (SSSR count). The van der Waals surface area contributed by atoms with Crippen LogP contribution in [-0.4, -0.2) is 0 Å². The molecule has 4 heteroatoms. The van der Waals surface area contributed by atoms with Crippen molar-refractivity contribution in [3.63, 3.8) is 0 Å². The van der Waals surface area contributed by atoms with E-state index in [1.54, 1.807) is 13.0 Å². The standard InChI is InChI=1S/C18H15ClO3/c1-11-15-9-8-14(10-16(15)22-18(20)17(11)19)21-12(2)13-6-4-3-5-7-13/h3-10,12H,1-2H3. The number of hydrogen-bond acceptors (Lipinski definition) is 3. The van der Waals surface area contributed by atoms with Crippen LogP contribution in [-0.2, 0) is 0 Å². The van der Waals surface area contributed by atoms with E-state index in [9.17, 15) is 4.79 Å². The lowest BCUT2D eigenvalue weighted by Crippen LogP contribution is -2.04. The van der Waals surface area contributed by atoms with Crippen LogP contribution in [0.3, 0.4) is 0 Å². The first-order valence-electron chi connectivity index (χ1n) is 7.01. The Kier molecular flexibility index (Phi) is 3.90. The fourth-order valence-electron chi connectivity index (χ4n) is 2.38. The van der Waals surface area contributed by atoms with Crippen molar-refractivity contribution in [1.29, 1.82) is 0 Å². The molecule has 22 heavy (non-hydrogen) atoms. The van der Waals surface area contributed by atoms with Gasteiger partial charge in [-0.1, -0.05) is 41.9 Å². The second kappa shape index (κ2) is 5.85. The summed E-state index contributed by atoms with van der Waals surface area (Å²) in [7, 11) is 0. The highest BCUT2D eigenvalue weighted by Gasteiger charge is 2.12. The summed E-state index contributed by atoms with van der Waals surface area (Å²) in [6, 6.07) is 15.4. The number of hydrogen-bond donors (Lipinski definition) is 0. The van der Waals surface area contributed by atoms with Gasteiger partial charge in [0.1, 0.15) is 22.5 Å². The fraction of sp³-hybridized carbons (Fsp3) is 0.167. The van der Waals surface area contributed by atoms with Gasteiger partial charge >= 0.3 is 5.63 Å². The summed E-state index contributed by atoms with van der Waals surface area (Å²) in [5, 5.41) is 0.933. The van der Waals surface area contributed by atoms with Crippen molar-refractivity contribution >= 4 is 22.6 Å². The van der Waals surface area contributed by atoms with E-state index in [0.29, 0.717) is 11.3 Å². The first-order valence-corrected chi connectivity index (χ1v) is 7.38. The van der Waals surface area contributed by atoms with Crippen molar-refractivity contribution < 1.29 is 9.15 Å². The van der Waals surface area contributed by atoms with Gasteiger partial charge < -0.3 is 9.15 Å². The highest BCUT2D eigenvalue weighted by Crippen LogP contribution is 2.28. The van der Waals surface area contributed by atoms with Gasteiger partial charge in [-0.3, -0.25) is 0 Å². The Morgan fingerprint density at radius 1 is 1.14 bits per heavy atom. The molecular formula is C18H15ClO3. The predicted octanol–water partition coefficient (Wildman–Crippen LogP) is 4.89. The van der Waals surface area contributed by atoms with Crippen LogP contribution in [0.1, 0.15) is 24.2 Å². The van der Waals surface area contributed by atoms with Crippen molar-refractivity contribution in [2.24, 2.45) is 0 Å². The summed E-state index contributed by atoms with van der Waals surface area (Å²) < 4.78 is 11.2. The lowest BCUT2D eigenvalue weighted by Gasteiger charge is -2.15. The summed E-state index contributed by atoms with van der Waals surface area (Å²) in [6.07, 6.45) is -0.0984. The van der Waals surface area contributed by atoms with E-state index >= 15 is 0 Å². The third kappa shape index (κ3) is 2.72. The number of benzene rings is 2. The van der Waals surface area contributed by atoms with Gasteiger partial charge in [0.2, 0.25) is 0 Å². The molecule has 1 heterocycles. The van der Waals surface area contributed by atoms with E-state index in [4.69, 9.17) is 20.8 Å². The number of halogens is 1. The van der Waals surface area contributed by atoms with Gasteiger partial charge in [-0.25, -0.2) is 4.79 Å². The Bertz CT molecular complexity index is 869. The molecule has 0 saturated carbocycles. The SMILES string of the molecule is Cc1c(Cl)c(=O)oc2cc(OC(C)c3ccccc3)ccc12. The Morgan fingerprint density at radius 2 is 1.86 bits per heavy atom. The third-order valence-corrected chi connectivity index (χ3v) is 4.09. The summed E-state index contributed by atoms with van der Waals surface area (Å²) >= 11 is 5.92. The summed E-state index contributed by atoms with van der Waals surface area (Å²) in [4.78, 5) is 11.7. The zero-order chi connectivity index (χ0) is 15.7. The molecule has 2 aromatic carbocycles. The Labute approximate surface area is 133 Å². The molecular weight excluding hydrogens is 300 g/mol. The minimum Gasteiger partial charge on any atom is -0.486 e. The van der Waals surface area contributed by atoms with Gasteiger partial charge in [0.25, 0.3) is 0 Å². The molecule has 1 atom stereocenters. The lowest BCUT2D eigenvalue weighted by atomic mass is 10.1. The van der Waals surface area contributed by atoms with Gasteiger partial charge in [-0.15, -0.1) is 0 Å². The number of ether oxygens (including phenoxy) is 1. The Balaban J connectivity index is 1.96. The molecule has 0 aliphatic rings. The van der Waals surface area contributed by atoms with Gasteiger partial charge in [0.05, 0.1) is 0 Å². The third-order valence-electron chi connectivity index (χ3n) is 3.65. The summed E-state index contributed by atoms with van der Waals surface area (Å²) in [5.74, 6) is 0.647. The first-order chi connectivity index (χ1) is 10.6. The van der Waals surface area contributed by atoms with Gasteiger partial charge in [0, 0.05) is 11.5 Å². The molecule has 0 aliphatic heterocycles. The molecule has 0 N–H and O–H groups in total. The molecule has 1 unspecified atom stereocenters. The van der Waals surface area contributed by atoms with Crippen LogP contribution in [0.2, 0.25) is 5.02 Å². The van der Waals surface area contributed by atoms with Crippen LogP contribution in [0.5, 0.6) is 5.75 Å². The summed E-state index contributed by atoms with van der Waals surface area (Å²) in [5.41, 5.74) is 1.75. The van der Waals surface area contributed by atoms with E-state index in [1.807, 2.05) is 49.4 Å². The maximum atomic E-state index is 11.7. The van der Waals surface area contributed by atoms with Crippen molar-refractivity contribution in [1.82, 2.24) is 0 Å². The van der Waals surface area contributed by atoms with Crippen molar-refractivity contribution in [2.45, 2.75) is 20.0 Å². The molecule has 3 aromatic rings. The lowest BCUT2D eigenvalue weighted by molar-refractivity contribution is 0.227. The number of aryl methyl sites for hydroxylation is 1. The second-order valence-electron chi connectivity index (χ2n) is 5.16. The van der Waals surface area contributed by atoms with E-state index in [0.717, 1.165) is 16.5 Å². The zero-order valence-electron chi connectivity index (χ0n) is 12.3. The smallest absolute Gasteiger partial charge is 0.355 e. The van der Waals surface area contributed by atoms with Gasteiger partial charge in [0.15, 0.2) is 0 Å². The second-order valence-corrected chi connectivity index (χ2v) is 5.54. The van der Waals surface area contributed by atoms with E-state index < -0.39 is 5.63 Å². The normalized spacial score (nSPS) is 12.3. The zero-order valence-corrected chi connectivity index (χ0v) is 13.1. The van der Waals surface area contributed by atoms with Crippen LogP contribution in [0, 0.1) is 6.92 Å². The number of fused-ring (bicyclic) bond motifs is 1. The highest BCUT2D eigenvalue weighted by atomic mass is 35.5. The minimum absolute atomic E-state index is 0.0984. The highest BCUT2D eigenvalue weighted by molar-refractivity contribution is 6.31. The monoisotopic (exact) mass is 314 g/mol. The predicted molar refractivity (Wildman–Crippen MR) is 87.7 cm³/mol. The van der Waals surface area contributed by atoms with Crippen molar-refractivity contribution in [2.75, 3.05) is 0 Å². The molecule has 1 aromatic heterocycles. The Morgan fingerprint density at radius 3 is 2.59 bits per heavy atom. The topological polar surface area (TPSA) is 39.4 Å². The van der Waals surface area contributed by atoms with E-state index in [2.05, 4.69) is 0 Å². The molecule has 0 aliphatic carbocycles. The maximum absolute atomic E-state index is 11.7. The molecule has 0 spiro atoms. The van der Waals surface area contributed by atoms with Gasteiger partial charge in [-0.2, -0.15) is 0 Å².